The van der Waals surface area contributed by atoms with Crippen molar-refractivity contribution >= 4 is 5.91 Å². The number of carbonyl (C=O) groups excluding carboxylic acids is 1. The molecule has 0 spiro atoms. The van der Waals surface area contributed by atoms with Gasteiger partial charge in [0, 0.05) is 12.6 Å². The van der Waals surface area contributed by atoms with E-state index in [2.05, 4.69) is 0 Å². The number of rotatable bonds is 2. The van der Waals surface area contributed by atoms with Gasteiger partial charge in [-0.2, -0.15) is 0 Å². The van der Waals surface area contributed by atoms with Crippen molar-refractivity contribution in [3.05, 3.63) is 35.9 Å². The van der Waals surface area contributed by atoms with Gasteiger partial charge >= 0.3 is 0 Å². The molecule has 0 unspecified atom stereocenters. The van der Waals surface area contributed by atoms with E-state index in [9.17, 15) is 9.90 Å². The molecule has 92 valence electrons. The first-order valence-corrected chi connectivity index (χ1v) is 6.20. The van der Waals surface area contributed by atoms with Gasteiger partial charge in [0.25, 0.3) is 5.91 Å². The lowest BCUT2D eigenvalue weighted by molar-refractivity contribution is 0.0268. The molecule has 2 atom stereocenters. The summed E-state index contributed by atoms with van der Waals surface area (Å²) in [6, 6.07) is 9.21. The average molecular weight is 233 g/mol. The van der Waals surface area contributed by atoms with E-state index in [1.807, 2.05) is 30.3 Å². The van der Waals surface area contributed by atoms with Gasteiger partial charge in [0.15, 0.2) is 0 Å². The van der Waals surface area contributed by atoms with Crippen molar-refractivity contribution in [3.63, 3.8) is 0 Å². The Morgan fingerprint density at radius 2 is 1.88 bits per heavy atom. The molecule has 0 aliphatic heterocycles. The van der Waals surface area contributed by atoms with Gasteiger partial charge in [-0.05, 0) is 25.0 Å². The van der Waals surface area contributed by atoms with Gasteiger partial charge in [-0.1, -0.05) is 31.0 Å². The maximum Gasteiger partial charge on any atom is 0.253 e. The molecule has 1 aromatic rings. The summed E-state index contributed by atoms with van der Waals surface area (Å²) in [5, 5.41) is 9.94. The van der Waals surface area contributed by atoms with Gasteiger partial charge in [0.05, 0.1) is 12.1 Å². The highest BCUT2D eigenvalue weighted by Gasteiger charge is 2.29. The van der Waals surface area contributed by atoms with Crippen molar-refractivity contribution < 1.29 is 9.90 Å². The number of aliphatic hydroxyl groups excluding tert-OH is 1. The highest BCUT2D eigenvalue weighted by molar-refractivity contribution is 5.94. The summed E-state index contributed by atoms with van der Waals surface area (Å²) in [4.78, 5) is 13.9. The number of amides is 1. The molecular weight excluding hydrogens is 214 g/mol. The summed E-state index contributed by atoms with van der Waals surface area (Å²) in [5.41, 5.74) is 0.688. The van der Waals surface area contributed by atoms with E-state index in [4.69, 9.17) is 0 Å². The zero-order valence-electron chi connectivity index (χ0n) is 10.2. The van der Waals surface area contributed by atoms with Crippen molar-refractivity contribution in [1.82, 2.24) is 4.90 Å². The molecule has 0 aromatic heterocycles. The number of nitrogens with zero attached hydrogens (tertiary/aromatic N) is 1. The quantitative estimate of drug-likeness (QED) is 0.849. The molecule has 1 amide bonds. The molecule has 3 heteroatoms. The van der Waals surface area contributed by atoms with E-state index in [1.54, 1.807) is 11.9 Å². The van der Waals surface area contributed by atoms with Gasteiger partial charge in [-0.15, -0.1) is 0 Å². The number of benzene rings is 1. The summed E-state index contributed by atoms with van der Waals surface area (Å²) >= 11 is 0. The third-order valence-corrected chi connectivity index (χ3v) is 3.53. The third kappa shape index (κ3) is 2.67. The maximum atomic E-state index is 12.2. The zero-order chi connectivity index (χ0) is 12.3. The Labute approximate surface area is 102 Å². The van der Waals surface area contributed by atoms with Crippen molar-refractivity contribution in [1.29, 1.82) is 0 Å². The second-order valence-corrected chi connectivity index (χ2v) is 4.70. The fourth-order valence-corrected chi connectivity index (χ4v) is 2.48. The fraction of sp³-hybridized carbons (Fsp3) is 0.500. The van der Waals surface area contributed by atoms with Gasteiger partial charge in [0.1, 0.15) is 0 Å². The summed E-state index contributed by atoms with van der Waals surface area (Å²) in [7, 11) is 1.79. The predicted octanol–water partition coefficient (Wildman–Crippen LogP) is 2.06. The number of likely N-dealkylation sites (N-methyl/N-ethyl adjacent to an activating group) is 1. The molecule has 1 aliphatic carbocycles. The van der Waals surface area contributed by atoms with Crippen LogP contribution in [0.4, 0.5) is 0 Å². The van der Waals surface area contributed by atoms with Crippen LogP contribution in [0.1, 0.15) is 36.0 Å². The molecule has 3 nitrogen and oxygen atoms in total. The summed E-state index contributed by atoms with van der Waals surface area (Å²) < 4.78 is 0. The van der Waals surface area contributed by atoms with Gasteiger partial charge in [-0.3, -0.25) is 4.79 Å². The number of aliphatic hydroxyl groups is 1. The van der Waals surface area contributed by atoms with Gasteiger partial charge in [-0.25, -0.2) is 0 Å². The molecule has 2 rings (SSSR count). The second kappa shape index (κ2) is 5.32. The molecule has 0 saturated heterocycles. The lowest BCUT2D eigenvalue weighted by Gasteiger charge is -2.35. The molecule has 1 N–H and O–H groups in total. The Morgan fingerprint density at radius 1 is 1.24 bits per heavy atom. The Balaban J connectivity index is 2.09. The van der Waals surface area contributed by atoms with Crippen LogP contribution in [0.15, 0.2) is 30.3 Å². The molecule has 0 radical (unpaired) electrons. The second-order valence-electron chi connectivity index (χ2n) is 4.70. The summed E-state index contributed by atoms with van der Waals surface area (Å²) in [5.74, 6) is -0.00319. The lowest BCUT2D eigenvalue weighted by Crippen LogP contribution is -2.46. The highest BCUT2D eigenvalue weighted by atomic mass is 16.3. The van der Waals surface area contributed by atoms with E-state index >= 15 is 0 Å². The monoisotopic (exact) mass is 233 g/mol. The number of hydrogen-bond donors (Lipinski definition) is 1. The van der Waals surface area contributed by atoms with Crippen molar-refractivity contribution in [3.8, 4) is 0 Å². The Morgan fingerprint density at radius 3 is 2.53 bits per heavy atom. The lowest BCUT2D eigenvalue weighted by atomic mass is 9.91. The van der Waals surface area contributed by atoms with Crippen LogP contribution in [0, 0.1) is 0 Å². The number of hydrogen-bond acceptors (Lipinski definition) is 2. The minimum absolute atomic E-state index is 0.00319. The van der Waals surface area contributed by atoms with Gasteiger partial charge in [0.2, 0.25) is 0 Å². The van der Waals surface area contributed by atoms with Gasteiger partial charge < -0.3 is 10.0 Å². The van der Waals surface area contributed by atoms with E-state index in [0.29, 0.717) is 5.56 Å². The molecule has 1 saturated carbocycles. The normalized spacial score (nSPS) is 24.4. The fourth-order valence-electron chi connectivity index (χ4n) is 2.48. The van der Waals surface area contributed by atoms with E-state index in [-0.39, 0.29) is 18.1 Å². The molecular formula is C14H19NO2. The van der Waals surface area contributed by atoms with Crippen LogP contribution in [0.25, 0.3) is 0 Å². The first kappa shape index (κ1) is 12.1. The first-order chi connectivity index (χ1) is 8.20. The minimum Gasteiger partial charge on any atom is -0.391 e. The first-order valence-electron chi connectivity index (χ1n) is 6.20. The standard InChI is InChI=1S/C14H19NO2/c1-15(12-9-5-6-10-13(12)16)14(17)11-7-3-2-4-8-11/h2-4,7-8,12-13,16H,5-6,9-10H2,1H3/t12-,13-/m0/s1. The summed E-state index contributed by atoms with van der Waals surface area (Å²) in [6.07, 6.45) is 3.48. The molecule has 1 aromatic carbocycles. The highest BCUT2D eigenvalue weighted by Crippen LogP contribution is 2.23. The topological polar surface area (TPSA) is 40.5 Å². The SMILES string of the molecule is CN(C(=O)c1ccccc1)[C@H]1CCCC[C@@H]1O. The molecule has 1 fully saturated rings. The van der Waals surface area contributed by atoms with Crippen molar-refractivity contribution in [2.24, 2.45) is 0 Å². The van der Waals surface area contributed by atoms with E-state index < -0.39 is 0 Å². The Hall–Kier alpha value is -1.35. The average Bonchev–Trinajstić information content (AvgIpc) is 2.39. The Bertz CT molecular complexity index is 377. The smallest absolute Gasteiger partial charge is 0.253 e. The van der Waals surface area contributed by atoms with Crippen LogP contribution >= 0.6 is 0 Å². The molecule has 17 heavy (non-hydrogen) atoms. The van der Waals surface area contributed by atoms with Crippen LogP contribution in [-0.4, -0.2) is 35.1 Å². The molecule has 0 heterocycles. The molecule has 0 bridgehead atoms. The largest absolute Gasteiger partial charge is 0.391 e. The Kier molecular flexibility index (Phi) is 3.79. The number of carbonyl (C=O) groups is 1. The third-order valence-electron chi connectivity index (χ3n) is 3.53. The zero-order valence-corrected chi connectivity index (χ0v) is 10.2. The van der Waals surface area contributed by atoms with E-state index in [0.717, 1.165) is 25.7 Å². The predicted molar refractivity (Wildman–Crippen MR) is 66.8 cm³/mol. The summed E-state index contributed by atoms with van der Waals surface area (Å²) in [6.45, 7) is 0. The van der Waals surface area contributed by atoms with Crippen LogP contribution in [0.2, 0.25) is 0 Å². The maximum absolute atomic E-state index is 12.2. The van der Waals surface area contributed by atoms with Crippen molar-refractivity contribution in [2.45, 2.75) is 37.8 Å². The van der Waals surface area contributed by atoms with Crippen LogP contribution in [-0.2, 0) is 0 Å². The van der Waals surface area contributed by atoms with Crippen LogP contribution in [0.5, 0.6) is 0 Å². The van der Waals surface area contributed by atoms with Crippen LogP contribution in [0.3, 0.4) is 0 Å². The minimum atomic E-state index is -0.374. The van der Waals surface area contributed by atoms with Crippen LogP contribution < -0.4 is 0 Å². The van der Waals surface area contributed by atoms with Crippen molar-refractivity contribution in [2.75, 3.05) is 7.05 Å². The van der Waals surface area contributed by atoms with E-state index in [1.165, 1.54) is 0 Å². The molecule has 1 aliphatic rings.